The number of rotatable bonds is 1. The van der Waals surface area contributed by atoms with E-state index in [-0.39, 0.29) is 0 Å². The highest BCUT2D eigenvalue weighted by atomic mass is 35.5. The van der Waals surface area contributed by atoms with Gasteiger partial charge in [-0.2, -0.15) is 0 Å². The third kappa shape index (κ3) is 1.64. The summed E-state index contributed by atoms with van der Waals surface area (Å²) in [6, 6.07) is 0. The first-order chi connectivity index (χ1) is 5.04. The predicted molar refractivity (Wildman–Crippen MR) is 34.8 cm³/mol. The van der Waals surface area contributed by atoms with Gasteiger partial charge in [0.25, 0.3) is 0 Å². The minimum atomic E-state index is -1.48. The average Bonchev–Trinajstić information content (AvgIpc) is 2.17. The van der Waals surface area contributed by atoms with Crippen molar-refractivity contribution in [3.8, 4) is 0 Å². The van der Waals surface area contributed by atoms with Crippen molar-refractivity contribution in [2.45, 2.75) is 30.2 Å². The van der Waals surface area contributed by atoms with Crippen LogP contribution in [-0.2, 0) is 4.74 Å². The van der Waals surface area contributed by atoms with E-state index < -0.39 is 30.2 Å². The minimum Gasteiger partial charge on any atom is -0.387 e. The molecule has 0 aromatic rings. The van der Waals surface area contributed by atoms with E-state index in [9.17, 15) is 0 Å². The maximum absolute atomic E-state index is 9.02. The molecule has 0 aliphatic carbocycles. The summed E-state index contributed by atoms with van der Waals surface area (Å²) in [7, 11) is 0. The van der Waals surface area contributed by atoms with Gasteiger partial charge in [-0.05, 0) is 0 Å². The van der Waals surface area contributed by atoms with Crippen molar-refractivity contribution in [1.82, 2.24) is 0 Å². The molecule has 1 saturated heterocycles. The second-order valence-electron chi connectivity index (χ2n) is 2.35. The molecule has 0 aromatic heterocycles. The summed E-state index contributed by atoms with van der Waals surface area (Å²) in [4.78, 5) is 0. The Hall–Kier alpha value is 0.0900. The Morgan fingerprint density at radius 2 is 1.73 bits per heavy atom. The Balaban J connectivity index is 2.59. The van der Waals surface area contributed by atoms with Gasteiger partial charge in [0.2, 0.25) is 0 Å². The zero-order valence-electron chi connectivity index (χ0n) is 5.46. The van der Waals surface area contributed by atoms with Crippen molar-refractivity contribution in [1.29, 1.82) is 0 Å². The highest BCUT2D eigenvalue weighted by Crippen LogP contribution is 2.23. The summed E-state index contributed by atoms with van der Waals surface area (Å²) in [5, 5.41) is 35.4. The molecule has 6 heteroatoms. The quantitative estimate of drug-likeness (QED) is 0.354. The molecular formula is C5H9ClO5. The van der Waals surface area contributed by atoms with Gasteiger partial charge in [-0.15, -0.1) is 0 Å². The monoisotopic (exact) mass is 184 g/mol. The lowest BCUT2D eigenvalue weighted by Crippen LogP contribution is -2.36. The van der Waals surface area contributed by atoms with Crippen LogP contribution in [0.25, 0.3) is 0 Å². The topological polar surface area (TPSA) is 90.2 Å². The molecule has 4 N–H and O–H groups in total. The third-order valence-corrected chi connectivity index (χ3v) is 1.79. The molecule has 1 aliphatic heterocycles. The molecule has 0 radical (unpaired) electrons. The van der Waals surface area contributed by atoms with Gasteiger partial charge >= 0.3 is 0 Å². The molecule has 1 rings (SSSR count). The van der Waals surface area contributed by atoms with Crippen LogP contribution in [0.3, 0.4) is 0 Å². The molecule has 1 heterocycles. The van der Waals surface area contributed by atoms with E-state index in [2.05, 4.69) is 4.74 Å². The molecule has 1 fully saturated rings. The molecule has 0 aromatic carbocycles. The first kappa shape index (κ1) is 9.18. The first-order valence-corrected chi connectivity index (χ1v) is 3.49. The van der Waals surface area contributed by atoms with Gasteiger partial charge in [0, 0.05) is 0 Å². The van der Waals surface area contributed by atoms with Gasteiger partial charge in [0.1, 0.15) is 18.3 Å². The van der Waals surface area contributed by atoms with E-state index in [0.29, 0.717) is 0 Å². The van der Waals surface area contributed by atoms with E-state index in [0.717, 1.165) is 0 Å². The maximum atomic E-state index is 9.02. The summed E-state index contributed by atoms with van der Waals surface area (Å²) in [5.74, 6) is 0. The van der Waals surface area contributed by atoms with Gasteiger partial charge in [-0.1, -0.05) is 11.6 Å². The van der Waals surface area contributed by atoms with Gasteiger partial charge in [-0.3, -0.25) is 0 Å². The fraction of sp³-hybridized carbons (Fsp3) is 1.00. The van der Waals surface area contributed by atoms with Crippen LogP contribution in [0, 0.1) is 0 Å². The lowest BCUT2D eigenvalue weighted by atomic mass is 10.1. The van der Waals surface area contributed by atoms with Crippen LogP contribution in [-0.4, -0.2) is 50.6 Å². The molecule has 11 heavy (non-hydrogen) atoms. The summed E-state index contributed by atoms with van der Waals surface area (Å²) in [6.07, 6.45) is -5.38. The van der Waals surface area contributed by atoms with Crippen LogP contribution < -0.4 is 0 Å². The maximum Gasteiger partial charge on any atom is 0.184 e. The van der Waals surface area contributed by atoms with Crippen LogP contribution in [0.4, 0.5) is 0 Å². The van der Waals surface area contributed by atoms with Gasteiger partial charge in [0.05, 0.1) is 0 Å². The number of halogens is 1. The zero-order chi connectivity index (χ0) is 8.59. The Morgan fingerprint density at radius 3 is 1.91 bits per heavy atom. The summed E-state index contributed by atoms with van der Waals surface area (Å²) < 4.78 is 4.52. The number of hydrogen-bond acceptors (Lipinski definition) is 5. The van der Waals surface area contributed by atoms with Gasteiger partial charge < -0.3 is 25.2 Å². The zero-order valence-corrected chi connectivity index (χ0v) is 6.22. The molecule has 5 atom stereocenters. The fourth-order valence-corrected chi connectivity index (χ4v) is 1.12. The lowest BCUT2D eigenvalue weighted by Gasteiger charge is -2.14. The van der Waals surface area contributed by atoms with Crippen LogP contribution >= 0.6 is 11.6 Å². The van der Waals surface area contributed by atoms with Gasteiger partial charge in [0.15, 0.2) is 11.9 Å². The molecule has 66 valence electrons. The van der Waals surface area contributed by atoms with E-state index in [1.165, 1.54) is 0 Å². The summed E-state index contributed by atoms with van der Waals surface area (Å²) in [5.41, 5.74) is -1.43. The number of aliphatic hydroxyl groups excluding tert-OH is 4. The van der Waals surface area contributed by atoms with Crippen molar-refractivity contribution < 1.29 is 25.2 Å². The Kier molecular flexibility index (Phi) is 2.69. The molecule has 0 amide bonds. The van der Waals surface area contributed by atoms with Crippen molar-refractivity contribution in [3.05, 3.63) is 0 Å². The normalized spacial score (nSPS) is 47.7. The minimum absolute atomic E-state index is 1.14. The standard InChI is InChI=1S/C5H9ClO5/c6-4(9)3-1(7)2(8)5(10)11-3/h1-5,7-10H/t1-,2+,3-,4?,5?/m0/s1. The number of alkyl halides is 1. The molecule has 2 unspecified atom stereocenters. The fourth-order valence-electron chi connectivity index (χ4n) is 0.913. The largest absolute Gasteiger partial charge is 0.387 e. The molecule has 0 bridgehead atoms. The second-order valence-corrected chi connectivity index (χ2v) is 2.79. The van der Waals surface area contributed by atoms with Crippen molar-refractivity contribution in [2.24, 2.45) is 0 Å². The second kappa shape index (κ2) is 3.22. The van der Waals surface area contributed by atoms with Crippen molar-refractivity contribution in [2.75, 3.05) is 0 Å². The first-order valence-electron chi connectivity index (χ1n) is 3.06. The smallest absolute Gasteiger partial charge is 0.184 e. The highest BCUT2D eigenvalue weighted by molar-refractivity contribution is 6.19. The molecular weight excluding hydrogens is 176 g/mol. The van der Waals surface area contributed by atoms with Crippen LogP contribution in [0.5, 0.6) is 0 Å². The van der Waals surface area contributed by atoms with Gasteiger partial charge in [-0.25, -0.2) is 0 Å². The molecule has 1 aliphatic rings. The number of ether oxygens (including phenoxy) is 1. The van der Waals surface area contributed by atoms with E-state index in [4.69, 9.17) is 32.0 Å². The van der Waals surface area contributed by atoms with E-state index >= 15 is 0 Å². The lowest BCUT2D eigenvalue weighted by molar-refractivity contribution is -0.137. The van der Waals surface area contributed by atoms with Crippen molar-refractivity contribution in [3.63, 3.8) is 0 Å². The molecule has 0 saturated carbocycles. The Bertz CT molecular complexity index is 141. The van der Waals surface area contributed by atoms with Crippen LogP contribution in [0.2, 0.25) is 0 Å². The summed E-state index contributed by atoms with van der Waals surface area (Å²) >= 11 is 5.16. The Labute approximate surface area is 67.8 Å². The average molecular weight is 185 g/mol. The third-order valence-electron chi connectivity index (χ3n) is 1.55. The van der Waals surface area contributed by atoms with Crippen molar-refractivity contribution >= 4 is 11.6 Å². The Morgan fingerprint density at radius 1 is 1.18 bits per heavy atom. The SMILES string of the molecule is OC(Cl)[C@H]1OC(O)[C@H](O)[C@@H]1O. The molecule has 5 nitrogen and oxygen atoms in total. The number of aliphatic hydroxyl groups is 4. The summed E-state index contributed by atoms with van der Waals surface area (Å²) in [6.45, 7) is 0. The van der Waals surface area contributed by atoms with Crippen LogP contribution in [0.15, 0.2) is 0 Å². The van der Waals surface area contributed by atoms with E-state index in [1.54, 1.807) is 0 Å². The van der Waals surface area contributed by atoms with Crippen LogP contribution in [0.1, 0.15) is 0 Å². The number of hydrogen-bond donors (Lipinski definition) is 4. The van der Waals surface area contributed by atoms with E-state index in [1.807, 2.05) is 0 Å². The highest BCUT2D eigenvalue weighted by Gasteiger charge is 2.44. The molecule has 0 spiro atoms. The predicted octanol–water partition coefficient (Wildman–Crippen LogP) is -2.02.